The molecular formula is C23H26ClN3O3. The second-order valence-electron chi connectivity index (χ2n) is 7.51. The van der Waals surface area contributed by atoms with Crippen molar-refractivity contribution in [2.75, 3.05) is 13.7 Å². The van der Waals surface area contributed by atoms with Crippen LogP contribution in [0.4, 0.5) is 0 Å². The Hall–Kier alpha value is -2.41. The lowest BCUT2D eigenvalue weighted by atomic mass is 10.1. The number of carbonyl (C=O) groups excluding carboxylic acids is 1. The monoisotopic (exact) mass is 427 g/mol. The van der Waals surface area contributed by atoms with Crippen LogP contribution >= 0.6 is 11.6 Å². The van der Waals surface area contributed by atoms with E-state index in [1.165, 1.54) is 7.11 Å². The van der Waals surface area contributed by atoms with Gasteiger partial charge in [-0.1, -0.05) is 41.9 Å². The number of nitrogens with zero attached hydrogens (tertiary/aromatic N) is 2. The maximum absolute atomic E-state index is 12.2. The van der Waals surface area contributed by atoms with Crippen molar-refractivity contribution in [3.63, 3.8) is 0 Å². The molecule has 6 nitrogen and oxygen atoms in total. The minimum Gasteiger partial charge on any atom is -0.469 e. The van der Waals surface area contributed by atoms with Crippen LogP contribution in [-0.4, -0.2) is 29.5 Å². The van der Waals surface area contributed by atoms with Gasteiger partial charge in [-0.05, 0) is 43.0 Å². The molecule has 2 atom stereocenters. The largest absolute Gasteiger partial charge is 0.469 e. The number of halogens is 1. The van der Waals surface area contributed by atoms with Crippen LogP contribution in [0.2, 0.25) is 5.02 Å². The van der Waals surface area contributed by atoms with Crippen molar-refractivity contribution in [1.29, 1.82) is 0 Å². The number of esters is 1. The Kier molecular flexibility index (Phi) is 6.67. The van der Waals surface area contributed by atoms with Gasteiger partial charge in [0.1, 0.15) is 0 Å². The zero-order valence-corrected chi connectivity index (χ0v) is 17.8. The van der Waals surface area contributed by atoms with Crippen molar-refractivity contribution in [3.8, 4) is 0 Å². The van der Waals surface area contributed by atoms with Crippen LogP contribution in [0.25, 0.3) is 10.9 Å². The normalized spacial score (nSPS) is 17.7. The molecule has 2 heterocycles. The average Bonchev–Trinajstić information content (AvgIpc) is 3.16. The molecule has 0 saturated carbocycles. The summed E-state index contributed by atoms with van der Waals surface area (Å²) in [5.41, 5.74) is 2.87. The Morgan fingerprint density at radius 3 is 2.87 bits per heavy atom. The summed E-state index contributed by atoms with van der Waals surface area (Å²) in [4.78, 5) is 12.2. The molecule has 0 radical (unpaired) electrons. The summed E-state index contributed by atoms with van der Waals surface area (Å²) < 4.78 is 12.9. The van der Waals surface area contributed by atoms with Crippen molar-refractivity contribution in [2.45, 2.75) is 44.5 Å². The van der Waals surface area contributed by atoms with Gasteiger partial charge in [0.15, 0.2) is 6.23 Å². The van der Waals surface area contributed by atoms with Gasteiger partial charge in [0.25, 0.3) is 0 Å². The molecule has 1 fully saturated rings. The van der Waals surface area contributed by atoms with Crippen LogP contribution in [0, 0.1) is 0 Å². The number of hydrogen-bond donors (Lipinski definition) is 1. The van der Waals surface area contributed by atoms with Gasteiger partial charge in [-0.15, -0.1) is 0 Å². The highest BCUT2D eigenvalue weighted by Gasteiger charge is 2.26. The predicted octanol–water partition coefficient (Wildman–Crippen LogP) is 4.78. The van der Waals surface area contributed by atoms with Crippen LogP contribution in [0.1, 0.15) is 49.2 Å². The van der Waals surface area contributed by atoms with E-state index in [1.807, 2.05) is 53.2 Å². The first-order valence-corrected chi connectivity index (χ1v) is 10.7. The molecule has 0 amide bonds. The molecule has 3 aromatic rings. The van der Waals surface area contributed by atoms with E-state index in [1.54, 1.807) is 0 Å². The fraction of sp³-hybridized carbons (Fsp3) is 0.391. The molecule has 2 aromatic carbocycles. The van der Waals surface area contributed by atoms with E-state index in [2.05, 4.69) is 5.32 Å². The minimum atomic E-state index is -0.316. The van der Waals surface area contributed by atoms with Crippen molar-refractivity contribution in [1.82, 2.24) is 15.1 Å². The van der Waals surface area contributed by atoms with E-state index < -0.39 is 0 Å². The third kappa shape index (κ3) is 4.67. The zero-order valence-electron chi connectivity index (χ0n) is 17.0. The van der Waals surface area contributed by atoms with E-state index in [-0.39, 0.29) is 24.7 Å². The number of methoxy groups -OCH3 is 1. The van der Waals surface area contributed by atoms with Gasteiger partial charge in [-0.3, -0.25) is 4.79 Å². The number of carbonyl (C=O) groups is 1. The number of ether oxygens (including phenoxy) is 2. The van der Waals surface area contributed by atoms with Gasteiger partial charge in [-0.25, -0.2) is 4.68 Å². The summed E-state index contributed by atoms with van der Waals surface area (Å²) in [7, 11) is 1.40. The van der Waals surface area contributed by atoms with Crippen LogP contribution in [0.15, 0.2) is 48.5 Å². The summed E-state index contributed by atoms with van der Waals surface area (Å²) in [6.07, 6.45) is 3.15. The molecular weight excluding hydrogens is 402 g/mol. The molecule has 1 N–H and O–H groups in total. The molecule has 0 spiro atoms. The van der Waals surface area contributed by atoms with Crippen molar-refractivity contribution in [3.05, 3.63) is 64.8 Å². The summed E-state index contributed by atoms with van der Waals surface area (Å²) in [6.45, 7) is 1.34. The summed E-state index contributed by atoms with van der Waals surface area (Å²) in [5, 5.41) is 9.96. The first-order chi connectivity index (χ1) is 14.7. The topological polar surface area (TPSA) is 65.4 Å². The first-order valence-electron chi connectivity index (χ1n) is 10.3. The molecule has 2 unspecified atom stereocenters. The van der Waals surface area contributed by atoms with Crippen molar-refractivity contribution >= 4 is 28.5 Å². The predicted molar refractivity (Wildman–Crippen MR) is 116 cm³/mol. The van der Waals surface area contributed by atoms with E-state index in [0.29, 0.717) is 11.6 Å². The molecule has 30 heavy (non-hydrogen) atoms. The van der Waals surface area contributed by atoms with E-state index in [0.717, 1.165) is 48.0 Å². The number of hydrogen-bond acceptors (Lipinski definition) is 5. The maximum Gasteiger partial charge on any atom is 0.307 e. The van der Waals surface area contributed by atoms with Crippen molar-refractivity contribution in [2.24, 2.45) is 0 Å². The molecule has 1 aromatic heterocycles. The Morgan fingerprint density at radius 1 is 1.30 bits per heavy atom. The third-order valence-corrected chi connectivity index (χ3v) is 5.68. The average molecular weight is 428 g/mol. The highest BCUT2D eigenvalue weighted by atomic mass is 35.5. The Balaban J connectivity index is 1.71. The molecule has 1 aliphatic heterocycles. The van der Waals surface area contributed by atoms with Crippen LogP contribution in [0.3, 0.4) is 0 Å². The van der Waals surface area contributed by atoms with Gasteiger partial charge in [0.2, 0.25) is 0 Å². The highest BCUT2D eigenvalue weighted by Crippen LogP contribution is 2.33. The fourth-order valence-electron chi connectivity index (χ4n) is 3.88. The lowest BCUT2D eigenvalue weighted by Gasteiger charge is -2.23. The van der Waals surface area contributed by atoms with Crippen LogP contribution < -0.4 is 5.32 Å². The molecule has 0 aliphatic carbocycles. The number of rotatable bonds is 7. The Bertz CT molecular complexity index is 1000. The molecule has 158 valence electrons. The van der Waals surface area contributed by atoms with Crippen LogP contribution in [-0.2, 0) is 20.8 Å². The van der Waals surface area contributed by atoms with E-state index in [9.17, 15) is 4.79 Å². The number of fused-ring (bicyclic) bond motifs is 1. The Labute approximate surface area is 181 Å². The second kappa shape index (κ2) is 9.60. The van der Waals surface area contributed by atoms with Gasteiger partial charge in [0.05, 0.1) is 30.8 Å². The van der Waals surface area contributed by atoms with Crippen LogP contribution in [0.5, 0.6) is 0 Å². The van der Waals surface area contributed by atoms with E-state index >= 15 is 0 Å². The molecule has 0 bridgehead atoms. The van der Waals surface area contributed by atoms with Gasteiger partial charge in [0, 0.05) is 23.6 Å². The highest BCUT2D eigenvalue weighted by molar-refractivity contribution is 6.31. The summed E-state index contributed by atoms with van der Waals surface area (Å²) in [6, 6.07) is 15.5. The summed E-state index contributed by atoms with van der Waals surface area (Å²) >= 11 is 6.32. The molecule has 4 rings (SSSR count). The summed E-state index contributed by atoms with van der Waals surface area (Å²) in [5.74, 6) is -0.292. The lowest BCUT2D eigenvalue weighted by Crippen LogP contribution is -2.25. The molecule has 1 saturated heterocycles. The lowest BCUT2D eigenvalue weighted by molar-refractivity contribution is -0.141. The Morgan fingerprint density at radius 2 is 2.13 bits per heavy atom. The van der Waals surface area contributed by atoms with Gasteiger partial charge in [-0.2, -0.15) is 5.10 Å². The zero-order chi connectivity index (χ0) is 20.9. The number of nitrogens with one attached hydrogen (secondary N) is 1. The fourth-order valence-corrected chi connectivity index (χ4v) is 4.06. The van der Waals surface area contributed by atoms with E-state index in [4.69, 9.17) is 26.2 Å². The standard InChI is InChI=1S/C23H26ClN3O3/c1-29-22(28)14-19(25-15-16-7-3-2-4-8-16)23-18-13-17(24)10-11-20(18)27(26-23)21-9-5-6-12-30-21/h2-4,7-8,10-11,13,19,21,25H,5-6,9,12,14-15H2,1H3. The second-order valence-corrected chi connectivity index (χ2v) is 7.95. The third-order valence-electron chi connectivity index (χ3n) is 5.45. The smallest absolute Gasteiger partial charge is 0.307 e. The minimum absolute atomic E-state index is 0.107. The van der Waals surface area contributed by atoms with Gasteiger partial charge < -0.3 is 14.8 Å². The van der Waals surface area contributed by atoms with Crippen molar-refractivity contribution < 1.29 is 14.3 Å². The molecule has 7 heteroatoms. The quantitative estimate of drug-likeness (QED) is 0.549. The first kappa shape index (κ1) is 20.8. The SMILES string of the molecule is COC(=O)CC(NCc1ccccc1)c1nn(C2CCCCO2)c2ccc(Cl)cc12. The maximum atomic E-state index is 12.2. The molecule has 1 aliphatic rings. The van der Waals surface area contributed by atoms with Gasteiger partial charge >= 0.3 is 5.97 Å². The number of benzene rings is 2. The number of aromatic nitrogens is 2.